The van der Waals surface area contributed by atoms with Crippen molar-refractivity contribution in [3.8, 4) is 17.3 Å². The quantitative estimate of drug-likeness (QED) is 0.675. The highest BCUT2D eigenvalue weighted by Crippen LogP contribution is 2.21. The molecule has 1 N–H and O–H groups in total. The minimum Gasteiger partial charge on any atom is -0.312 e. The van der Waals surface area contributed by atoms with Crippen molar-refractivity contribution < 1.29 is 4.79 Å². The van der Waals surface area contributed by atoms with Crippen LogP contribution in [0.15, 0.2) is 66.9 Å². The number of hydrogen-bond donors (Lipinski definition) is 1. The van der Waals surface area contributed by atoms with Gasteiger partial charge in [-0.1, -0.05) is 24.3 Å². The van der Waals surface area contributed by atoms with E-state index < -0.39 is 0 Å². The molecule has 1 atom stereocenters. The third kappa shape index (κ3) is 5.02. The summed E-state index contributed by atoms with van der Waals surface area (Å²) in [6.45, 7) is 6.24. The molecule has 1 aliphatic rings. The summed E-state index contributed by atoms with van der Waals surface area (Å²) in [5, 5.41) is 12.5. The van der Waals surface area contributed by atoms with Crippen molar-refractivity contribution in [3.63, 3.8) is 0 Å². The van der Waals surface area contributed by atoms with Crippen LogP contribution in [0, 0.1) is 11.3 Å². The second kappa shape index (κ2) is 9.73. The lowest BCUT2D eigenvalue weighted by atomic mass is 10.1. The maximum atomic E-state index is 13.0. The van der Waals surface area contributed by atoms with E-state index in [1.807, 2.05) is 30.3 Å². The Labute approximate surface area is 189 Å². The van der Waals surface area contributed by atoms with Gasteiger partial charge in [0.05, 0.1) is 22.9 Å². The van der Waals surface area contributed by atoms with Crippen LogP contribution in [0.4, 0.5) is 5.69 Å². The molecule has 0 radical (unpaired) electrons. The van der Waals surface area contributed by atoms with Gasteiger partial charge in [-0.3, -0.25) is 14.7 Å². The van der Waals surface area contributed by atoms with Crippen molar-refractivity contribution >= 4 is 11.6 Å². The molecule has 32 heavy (non-hydrogen) atoms. The topological polar surface area (TPSA) is 72.3 Å². The molecular formula is C26H27N5O. The number of anilines is 1. The molecule has 162 valence electrons. The Balaban J connectivity index is 1.42. The fraction of sp³-hybridized carbons (Fsp3) is 0.269. The lowest BCUT2D eigenvalue weighted by Crippen LogP contribution is -2.48. The molecule has 2 heterocycles. The number of piperazine rings is 1. The Morgan fingerprint density at radius 3 is 2.72 bits per heavy atom. The predicted molar refractivity (Wildman–Crippen MR) is 126 cm³/mol. The summed E-state index contributed by atoms with van der Waals surface area (Å²) in [6.07, 6.45) is 1.59. The van der Waals surface area contributed by atoms with Crippen LogP contribution in [0.2, 0.25) is 0 Å². The number of amides is 1. The average molecular weight is 426 g/mol. The van der Waals surface area contributed by atoms with E-state index in [1.165, 1.54) is 5.56 Å². The molecule has 1 fully saturated rings. The zero-order valence-corrected chi connectivity index (χ0v) is 18.5. The van der Waals surface area contributed by atoms with E-state index in [-0.39, 0.29) is 5.91 Å². The first-order valence-corrected chi connectivity index (χ1v) is 10.8. The Morgan fingerprint density at radius 1 is 1.22 bits per heavy atom. The van der Waals surface area contributed by atoms with E-state index in [2.05, 4.69) is 40.3 Å². The molecule has 1 saturated heterocycles. The zero-order chi connectivity index (χ0) is 22.5. The SMILES string of the molecule is C[C@H]1CN(Cc2ccc(N(C)C(=O)c3ccc(-c4cccc(C#N)c4)nc3)cc2)CCN1. The Kier molecular flexibility index (Phi) is 6.60. The fourth-order valence-corrected chi connectivity index (χ4v) is 3.99. The summed E-state index contributed by atoms with van der Waals surface area (Å²) >= 11 is 0. The molecule has 0 aliphatic carbocycles. The largest absolute Gasteiger partial charge is 0.312 e. The van der Waals surface area contributed by atoms with E-state index >= 15 is 0 Å². The highest BCUT2D eigenvalue weighted by Gasteiger charge is 2.17. The first kappa shape index (κ1) is 21.7. The van der Waals surface area contributed by atoms with Gasteiger partial charge in [0.25, 0.3) is 5.91 Å². The Bertz CT molecular complexity index is 1120. The molecule has 0 unspecified atom stereocenters. The third-order valence-electron chi connectivity index (χ3n) is 5.79. The van der Waals surface area contributed by atoms with Crippen molar-refractivity contribution in [2.75, 3.05) is 31.6 Å². The maximum absolute atomic E-state index is 13.0. The van der Waals surface area contributed by atoms with E-state index in [4.69, 9.17) is 5.26 Å². The number of pyridine rings is 1. The van der Waals surface area contributed by atoms with Crippen molar-refractivity contribution in [3.05, 3.63) is 83.6 Å². The smallest absolute Gasteiger partial charge is 0.259 e. The van der Waals surface area contributed by atoms with Crippen molar-refractivity contribution in [2.24, 2.45) is 0 Å². The highest BCUT2D eigenvalue weighted by molar-refractivity contribution is 6.05. The van der Waals surface area contributed by atoms with Crippen LogP contribution in [-0.2, 0) is 6.54 Å². The van der Waals surface area contributed by atoms with E-state index in [0.717, 1.165) is 43.1 Å². The number of carbonyl (C=O) groups excluding carboxylic acids is 1. The third-order valence-corrected chi connectivity index (χ3v) is 5.79. The van der Waals surface area contributed by atoms with Gasteiger partial charge in [0.1, 0.15) is 0 Å². The van der Waals surface area contributed by atoms with Crippen LogP contribution in [0.5, 0.6) is 0 Å². The number of nitrogens with zero attached hydrogens (tertiary/aromatic N) is 4. The molecule has 0 spiro atoms. The lowest BCUT2D eigenvalue weighted by molar-refractivity contribution is 0.0992. The summed E-state index contributed by atoms with van der Waals surface area (Å²) in [5.74, 6) is -0.112. The second-order valence-electron chi connectivity index (χ2n) is 8.25. The number of benzene rings is 2. The van der Waals surface area contributed by atoms with Crippen molar-refractivity contribution in [1.29, 1.82) is 5.26 Å². The van der Waals surface area contributed by atoms with Crippen molar-refractivity contribution in [2.45, 2.75) is 19.5 Å². The van der Waals surface area contributed by atoms with E-state index in [1.54, 1.807) is 36.3 Å². The molecule has 1 amide bonds. The van der Waals surface area contributed by atoms with Gasteiger partial charge in [0.2, 0.25) is 0 Å². The lowest BCUT2D eigenvalue weighted by Gasteiger charge is -2.31. The number of carbonyl (C=O) groups is 1. The van der Waals surface area contributed by atoms with Gasteiger partial charge >= 0.3 is 0 Å². The molecule has 1 aromatic heterocycles. The van der Waals surface area contributed by atoms with Gasteiger partial charge in [0, 0.05) is 56.7 Å². The van der Waals surface area contributed by atoms with Crippen LogP contribution in [-0.4, -0.2) is 48.5 Å². The average Bonchev–Trinajstić information content (AvgIpc) is 2.84. The standard InChI is InChI=1S/C26H27N5O/c1-19-17-31(13-12-28-19)18-20-6-9-24(10-7-20)30(2)26(32)23-8-11-25(29-16-23)22-5-3-4-21(14-22)15-27/h3-11,14,16,19,28H,12-13,17-18H2,1-2H3/t19-/m0/s1. The molecule has 2 aromatic carbocycles. The summed E-state index contributed by atoms with van der Waals surface area (Å²) in [7, 11) is 1.78. The van der Waals surface area contributed by atoms with Gasteiger partial charge < -0.3 is 10.2 Å². The number of aromatic nitrogens is 1. The summed E-state index contributed by atoms with van der Waals surface area (Å²) in [6, 6.07) is 21.7. The molecule has 0 bridgehead atoms. The van der Waals surface area contributed by atoms with Crippen LogP contribution in [0.3, 0.4) is 0 Å². The minimum absolute atomic E-state index is 0.112. The number of hydrogen-bond acceptors (Lipinski definition) is 5. The predicted octanol–water partition coefficient (Wildman–Crippen LogP) is 3.69. The van der Waals surface area contributed by atoms with Gasteiger partial charge in [0.15, 0.2) is 0 Å². The normalized spacial score (nSPS) is 16.3. The van der Waals surface area contributed by atoms with Gasteiger partial charge in [-0.2, -0.15) is 5.26 Å². The second-order valence-corrected chi connectivity index (χ2v) is 8.25. The van der Waals surface area contributed by atoms with Gasteiger partial charge in [-0.25, -0.2) is 0 Å². The van der Waals surface area contributed by atoms with E-state index in [9.17, 15) is 4.79 Å². The monoisotopic (exact) mass is 425 g/mol. The first-order chi connectivity index (χ1) is 15.5. The number of rotatable bonds is 5. The van der Waals surface area contributed by atoms with E-state index in [0.29, 0.717) is 17.2 Å². The molecule has 6 nitrogen and oxygen atoms in total. The maximum Gasteiger partial charge on any atom is 0.259 e. The summed E-state index contributed by atoms with van der Waals surface area (Å²) < 4.78 is 0. The molecule has 3 aromatic rings. The molecule has 6 heteroatoms. The van der Waals surface area contributed by atoms with Crippen molar-refractivity contribution in [1.82, 2.24) is 15.2 Å². The van der Waals surface area contributed by atoms with Crippen LogP contribution < -0.4 is 10.2 Å². The molecule has 1 aliphatic heterocycles. The van der Waals surface area contributed by atoms with Gasteiger partial charge in [-0.05, 0) is 48.9 Å². The molecular weight excluding hydrogens is 398 g/mol. The number of nitriles is 1. The van der Waals surface area contributed by atoms with Crippen LogP contribution in [0.1, 0.15) is 28.4 Å². The zero-order valence-electron chi connectivity index (χ0n) is 18.5. The molecule has 0 saturated carbocycles. The van der Waals surface area contributed by atoms with Gasteiger partial charge in [-0.15, -0.1) is 0 Å². The fourth-order valence-electron chi connectivity index (χ4n) is 3.99. The van der Waals surface area contributed by atoms with Crippen LogP contribution >= 0.6 is 0 Å². The minimum atomic E-state index is -0.112. The Hall–Kier alpha value is -3.53. The number of nitrogens with one attached hydrogen (secondary N) is 1. The summed E-state index contributed by atoms with van der Waals surface area (Å²) in [4.78, 5) is 21.5. The van der Waals surface area contributed by atoms with Crippen LogP contribution in [0.25, 0.3) is 11.3 Å². The Morgan fingerprint density at radius 2 is 2.03 bits per heavy atom. The highest BCUT2D eigenvalue weighted by atomic mass is 16.2. The first-order valence-electron chi connectivity index (χ1n) is 10.8. The molecule has 4 rings (SSSR count). The summed E-state index contributed by atoms with van der Waals surface area (Å²) in [5.41, 5.74) is 4.77.